The van der Waals surface area contributed by atoms with E-state index < -0.39 is 5.54 Å². The highest BCUT2D eigenvalue weighted by atomic mass is 16.5. The summed E-state index contributed by atoms with van der Waals surface area (Å²) < 4.78 is 5.12. The van der Waals surface area contributed by atoms with E-state index >= 15 is 0 Å². The number of nitrogens with zero attached hydrogens (tertiary/aromatic N) is 1. The first-order valence-electron chi connectivity index (χ1n) is 10.9. The molecule has 1 saturated carbocycles. The summed E-state index contributed by atoms with van der Waals surface area (Å²) in [5, 5.41) is 3.13. The van der Waals surface area contributed by atoms with E-state index in [1.165, 1.54) is 0 Å². The van der Waals surface area contributed by atoms with Crippen LogP contribution in [0, 0.1) is 0 Å². The Hall–Kier alpha value is -2.66. The summed E-state index contributed by atoms with van der Waals surface area (Å²) in [7, 11) is 1.67. The number of fused-ring (bicyclic) bond motifs is 1. The van der Waals surface area contributed by atoms with Gasteiger partial charge in [0.15, 0.2) is 0 Å². The monoisotopic (exact) mass is 406 g/mol. The Bertz CT molecular complexity index is 890. The van der Waals surface area contributed by atoms with Crippen LogP contribution in [0.4, 0.5) is 5.69 Å². The molecule has 2 amide bonds. The van der Waals surface area contributed by atoms with Crippen molar-refractivity contribution in [2.45, 2.75) is 50.0 Å². The molecule has 4 rings (SSSR count). The molecule has 0 aromatic heterocycles. The Morgan fingerprint density at radius 2 is 1.77 bits per heavy atom. The molecule has 1 spiro atoms. The Kier molecular flexibility index (Phi) is 6.18. The summed E-state index contributed by atoms with van der Waals surface area (Å²) in [6, 6.07) is 17.5. The van der Waals surface area contributed by atoms with E-state index in [-0.39, 0.29) is 17.7 Å². The second-order valence-corrected chi connectivity index (χ2v) is 8.30. The van der Waals surface area contributed by atoms with Crippen LogP contribution in [0.5, 0.6) is 0 Å². The first-order valence-corrected chi connectivity index (χ1v) is 10.9. The fourth-order valence-electron chi connectivity index (χ4n) is 5.23. The zero-order chi connectivity index (χ0) is 21.0. The summed E-state index contributed by atoms with van der Waals surface area (Å²) in [6.45, 7) is 1.18. The van der Waals surface area contributed by atoms with Gasteiger partial charge >= 0.3 is 0 Å². The summed E-state index contributed by atoms with van der Waals surface area (Å²) in [4.78, 5) is 29.3. The zero-order valence-corrected chi connectivity index (χ0v) is 17.6. The van der Waals surface area contributed by atoms with Crippen molar-refractivity contribution in [1.82, 2.24) is 5.32 Å². The Morgan fingerprint density at radius 1 is 1.07 bits per heavy atom. The minimum atomic E-state index is -0.531. The molecule has 1 unspecified atom stereocenters. The number of amides is 2. The molecule has 5 nitrogen and oxygen atoms in total. The molecular weight excluding hydrogens is 376 g/mol. The minimum Gasteiger partial charge on any atom is -0.385 e. The van der Waals surface area contributed by atoms with Gasteiger partial charge in [0.1, 0.15) is 0 Å². The SMILES string of the molecule is COCCCNC(=O)C1c2ccccc2C(=O)N(c2ccccc2)C12CCCCC2. The molecule has 1 fully saturated rings. The fourth-order valence-corrected chi connectivity index (χ4v) is 5.23. The topological polar surface area (TPSA) is 58.6 Å². The number of carbonyl (C=O) groups excluding carboxylic acids is 2. The van der Waals surface area contributed by atoms with Crippen molar-refractivity contribution in [3.63, 3.8) is 0 Å². The molecule has 0 radical (unpaired) electrons. The Labute approximate surface area is 178 Å². The van der Waals surface area contributed by atoms with Crippen LogP contribution < -0.4 is 10.2 Å². The van der Waals surface area contributed by atoms with E-state index in [4.69, 9.17) is 4.74 Å². The molecule has 0 saturated heterocycles. The van der Waals surface area contributed by atoms with Crippen molar-refractivity contribution in [1.29, 1.82) is 0 Å². The fraction of sp³-hybridized carbons (Fsp3) is 0.440. The number of benzene rings is 2. The first-order chi connectivity index (χ1) is 14.7. The van der Waals surface area contributed by atoms with Crippen LogP contribution in [0.25, 0.3) is 0 Å². The average molecular weight is 407 g/mol. The summed E-state index contributed by atoms with van der Waals surface area (Å²) in [6.07, 6.45) is 5.61. The Balaban J connectivity index is 1.81. The van der Waals surface area contributed by atoms with Gasteiger partial charge in [-0.1, -0.05) is 55.7 Å². The number of rotatable bonds is 6. The van der Waals surface area contributed by atoms with Crippen molar-refractivity contribution in [2.24, 2.45) is 0 Å². The molecular formula is C25H30N2O3. The van der Waals surface area contributed by atoms with Crippen LogP contribution >= 0.6 is 0 Å². The average Bonchev–Trinajstić information content (AvgIpc) is 2.78. The van der Waals surface area contributed by atoms with E-state index in [0.29, 0.717) is 18.7 Å². The lowest BCUT2D eigenvalue weighted by Gasteiger charge is -2.53. The normalized spacial score (nSPS) is 20.1. The van der Waals surface area contributed by atoms with E-state index in [9.17, 15) is 9.59 Å². The van der Waals surface area contributed by atoms with Crippen molar-refractivity contribution in [3.8, 4) is 0 Å². The van der Waals surface area contributed by atoms with Gasteiger partial charge in [-0.25, -0.2) is 0 Å². The van der Waals surface area contributed by atoms with Gasteiger partial charge < -0.3 is 15.0 Å². The largest absolute Gasteiger partial charge is 0.385 e. The maximum absolute atomic E-state index is 13.7. The van der Waals surface area contributed by atoms with E-state index in [0.717, 1.165) is 49.8 Å². The number of hydrogen-bond acceptors (Lipinski definition) is 3. The molecule has 30 heavy (non-hydrogen) atoms. The molecule has 2 aromatic carbocycles. The number of methoxy groups -OCH3 is 1. The van der Waals surface area contributed by atoms with Gasteiger partial charge in [-0.3, -0.25) is 9.59 Å². The molecule has 2 aliphatic rings. The molecule has 2 aromatic rings. The van der Waals surface area contributed by atoms with Crippen LogP contribution in [0.2, 0.25) is 0 Å². The van der Waals surface area contributed by atoms with Crippen LogP contribution in [-0.2, 0) is 9.53 Å². The third-order valence-electron chi connectivity index (χ3n) is 6.51. The maximum Gasteiger partial charge on any atom is 0.259 e. The number of ether oxygens (including phenoxy) is 1. The van der Waals surface area contributed by atoms with E-state index in [1.807, 2.05) is 59.5 Å². The standard InChI is InChI=1S/C25H30N2O3/c1-30-18-10-17-26-23(28)22-20-13-6-7-14-21(20)24(29)27(19-11-4-2-5-12-19)25(22)15-8-3-9-16-25/h2,4-7,11-14,22H,3,8-10,15-18H2,1H3,(H,26,28). The predicted octanol–water partition coefficient (Wildman–Crippen LogP) is 4.29. The number of carbonyl (C=O) groups is 2. The molecule has 158 valence electrons. The van der Waals surface area contributed by atoms with Gasteiger partial charge in [0.2, 0.25) is 5.91 Å². The Morgan fingerprint density at radius 3 is 2.50 bits per heavy atom. The lowest BCUT2D eigenvalue weighted by molar-refractivity contribution is -0.124. The zero-order valence-electron chi connectivity index (χ0n) is 17.6. The van der Waals surface area contributed by atoms with Gasteiger partial charge in [-0.05, 0) is 43.0 Å². The molecule has 5 heteroatoms. The van der Waals surface area contributed by atoms with Gasteiger partial charge in [0, 0.05) is 31.5 Å². The lowest BCUT2D eigenvalue weighted by Crippen LogP contribution is -2.63. The smallest absolute Gasteiger partial charge is 0.259 e. The number of anilines is 1. The maximum atomic E-state index is 13.7. The van der Waals surface area contributed by atoms with Crippen molar-refractivity contribution in [2.75, 3.05) is 25.2 Å². The number of nitrogens with one attached hydrogen (secondary N) is 1. The van der Waals surface area contributed by atoms with E-state index in [1.54, 1.807) is 7.11 Å². The number of para-hydroxylation sites is 1. The molecule has 1 aliphatic heterocycles. The van der Waals surface area contributed by atoms with E-state index in [2.05, 4.69) is 5.32 Å². The van der Waals surface area contributed by atoms with Gasteiger partial charge in [0.05, 0.1) is 11.5 Å². The number of hydrogen-bond donors (Lipinski definition) is 1. The van der Waals surface area contributed by atoms with Crippen LogP contribution in [0.1, 0.15) is 60.4 Å². The summed E-state index contributed by atoms with van der Waals surface area (Å²) in [5.74, 6) is -0.370. The first kappa shape index (κ1) is 20.6. The van der Waals surface area contributed by atoms with Crippen LogP contribution in [-0.4, -0.2) is 37.6 Å². The van der Waals surface area contributed by atoms with Crippen molar-refractivity contribution in [3.05, 3.63) is 65.7 Å². The molecule has 1 atom stereocenters. The highest BCUT2D eigenvalue weighted by molar-refractivity contribution is 6.12. The third-order valence-corrected chi connectivity index (χ3v) is 6.51. The highest BCUT2D eigenvalue weighted by Gasteiger charge is 2.55. The van der Waals surface area contributed by atoms with Crippen LogP contribution in [0.3, 0.4) is 0 Å². The van der Waals surface area contributed by atoms with Gasteiger partial charge in [0.25, 0.3) is 5.91 Å². The molecule has 1 heterocycles. The van der Waals surface area contributed by atoms with Gasteiger partial charge in [-0.2, -0.15) is 0 Å². The minimum absolute atomic E-state index is 0.00197. The van der Waals surface area contributed by atoms with Crippen molar-refractivity contribution >= 4 is 17.5 Å². The second-order valence-electron chi connectivity index (χ2n) is 8.30. The molecule has 1 N–H and O–H groups in total. The third kappa shape index (κ3) is 3.63. The van der Waals surface area contributed by atoms with Gasteiger partial charge in [-0.15, -0.1) is 0 Å². The highest BCUT2D eigenvalue weighted by Crippen LogP contribution is 2.50. The molecule has 0 bridgehead atoms. The quantitative estimate of drug-likeness (QED) is 0.728. The second kappa shape index (κ2) is 9.00. The lowest BCUT2D eigenvalue weighted by atomic mass is 9.65. The summed E-state index contributed by atoms with van der Waals surface area (Å²) in [5.41, 5.74) is 1.84. The van der Waals surface area contributed by atoms with Crippen LogP contribution in [0.15, 0.2) is 54.6 Å². The van der Waals surface area contributed by atoms with Crippen molar-refractivity contribution < 1.29 is 14.3 Å². The predicted molar refractivity (Wildman–Crippen MR) is 118 cm³/mol. The molecule has 1 aliphatic carbocycles. The summed E-state index contributed by atoms with van der Waals surface area (Å²) >= 11 is 0.